The van der Waals surface area contributed by atoms with Gasteiger partial charge in [-0.3, -0.25) is 11.3 Å². The van der Waals surface area contributed by atoms with Gasteiger partial charge in [0.25, 0.3) is 0 Å². The molecule has 0 amide bonds. The molecule has 0 aliphatic rings. The lowest BCUT2D eigenvalue weighted by Gasteiger charge is -2.17. The Morgan fingerprint density at radius 3 is 2.55 bits per heavy atom. The van der Waals surface area contributed by atoms with Crippen LogP contribution in [0, 0.1) is 0 Å². The van der Waals surface area contributed by atoms with Gasteiger partial charge >= 0.3 is 0 Å². The maximum atomic E-state index is 5.71. The summed E-state index contributed by atoms with van der Waals surface area (Å²) in [6.07, 6.45) is 2.90. The first-order chi connectivity index (χ1) is 9.76. The predicted molar refractivity (Wildman–Crippen MR) is 85.0 cm³/mol. The fourth-order valence-electron chi connectivity index (χ4n) is 2.14. The van der Waals surface area contributed by atoms with Gasteiger partial charge in [0.15, 0.2) is 0 Å². The van der Waals surface area contributed by atoms with E-state index < -0.39 is 0 Å². The van der Waals surface area contributed by atoms with Crippen LogP contribution in [-0.2, 0) is 6.42 Å². The van der Waals surface area contributed by atoms with Gasteiger partial charge in [0, 0.05) is 10.9 Å². The number of ether oxygens (including phenoxy) is 1. The van der Waals surface area contributed by atoms with E-state index in [4.69, 9.17) is 10.6 Å². The zero-order chi connectivity index (χ0) is 14.4. The van der Waals surface area contributed by atoms with Crippen molar-refractivity contribution in [2.24, 2.45) is 5.84 Å². The molecular weight excluding hydrogens is 268 g/mol. The molecule has 0 aromatic heterocycles. The van der Waals surface area contributed by atoms with Crippen LogP contribution in [0.1, 0.15) is 17.2 Å². The highest BCUT2D eigenvalue weighted by Crippen LogP contribution is 2.23. The number of hydrazine groups is 1. The molecule has 0 fully saturated rings. The topological polar surface area (TPSA) is 47.3 Å². The minimum atomic E-state index is 0.0954. The van der Waals surface area contributed by atoms with Gasteiger partial charge in [-0.1, -0.05) is 24.3 Å². The number of methoxy groups -OCH3 is 1. The summed E-state index contributed by atoms with van der Waals surface area (Å²) in [5.74, 6) is 6.58. The SMILES string of the molecule is COc1cccc(CC(NN)c2ccc(SC)cc2)c1. The standard InChI is InChI=1S/C16H20N2OS/c1-19-14-5-3-4-12(10-14)11-16(18-17)13-6-8-15(20-2)9-7-13/h3-10,16,18H,11,17H2,1-2H3. The van der Waals surface area contributed by atoms with Crippen LogP contribution in [-0.4, -0.2) is 13.4 Å². The minimum absolute atomic E-state index is 0.0954. The Bertz CT molecular complexity index is 542. The largest absolute Gasteiger partial charge is 0.497 e. The van der Waals surface area contributed by atoms with Gasteiger partial charge in [0.2, 0.25) is 0 Å². The summed E-state index contributed by atoms with van der Waals surface area (Å²) in [7, 11) is 1.68. The molecule has 0 radical (unpaired) electrons. The molecular formula is C16H20N2OS. The van der Waals surface area contributed by atoms with Gasteiger partial charge in [-0.05, 0) is 48.1 Å². The third-order valence-corrected chi connectivity index (χ3v) is 4.04. The highest BCUT2D eigenvalue weighted by molar-refractivity contribution is 7.98. The highest BCUT2D eigenvalue weighted by atomic mass is 32.2. The quantitative estimate of drug-likeness (QED) is 0.487. The molecule has 1 unspecified atom stereocenters. The summed E-state index contributed by atoms with van der Waals surface area (Å²) in [5, 5.41) is 0. The zero-order valence-electron chi connectivity index (χ0n) is 11.8. The van der Waals surface area contributed by atoms with Crippen LogP contribution in [0.15, 0.2) is 53.4 Å². The lowest BCUT2D eigenvalue weighted by molar-refractivity contribution is 0.414. The van der Waals surface area contributed by atoms with Gasteiger partial charge in [-0.25, -0.2) is 0 Å². The van der Waals surface area contributed by atoms with Crippen LogP contribution in [0.5, 0.6) is 5.75 Å². The van der Waals surface area contributed by atoms with Crippen LogP contribution >= 0.6 is 11.8 Å². The second-order valence-corrected chi connectivity index (χ2v) is 5.43. The summed E-state index contributed by atoms with van der Waals surface area (Å²) in [5.41, 5.74) is 5.28. The Balaban J connectivity index is 2.14. The summed E-state index contributed by atoms with van der Waals surface area (Å²) in [4.78, 5) is 1.26. The van der Waals surface area contributed by atoms with E-state index in [1.165, 1.54) is 16.0 Å². The third kappa shape index (κ3) is 3.76. The molecule has 20 heavy (non-hydrogen) atoms. The van der Waals surface area contributed by atoms with Gasteiger partial charge in [-0.2, -0.15) is 0 Å². The Morgan fingerprint density at radius 2 is 1.95 bits per heavy atom. The molecule has 3 N–H and O–H groups in total. The summed E-state index contributed by atoms with van der Waals surface area (Å²) in [6, 6.07) is 16.7. The van der Waals surface area contributed by atoms with Crippen LogP contribution in [0.2, 0.25) is 0 Å². The van der Waals surface area contributed by atoms with Crippen molar-refractivity contribution in [3.63, 3.8) is 0 Å². The van der Waals surface area contributed by atoms with Crippen LogP contribution in [0.4, 0.5) is 0 Å². The van der Waals surface area contributed by atoms with Crippen LogP contribution in [0.25, 0.3) is 0 Å². The number of nitrogens with two attached hydrogens (primary N) is 1. The smallest absolute Gasteiger partial charge is 0.119 e. The number of nitrogens with one attached hydrogen (secondary N) is 1. The first kappa shape index (κ1) is 14.9. The van der Waals surface area contributed by atoms with Crippen molar-refractivity contribution in [1.82, 2.24) is 5.43 Å². The molecule has 0 spiro atoms. The Labute approximate surface area is 124 Å². The van der Waals surface area contributed by atoms with Gasteiger partial charge in [0.05, 0.1) is 7.11 Å². The molecule has 0 heterocycles. The average Bonchev–Trinajstić information content (AvgIpc) is 2.53. The molecule has 0 aliphatic carbocycles. The maximum Gasteiger partial charge on any atom is 0.119 e. The summed E-state index contributed by atoms with van der Waals surface area (Å²) < 4.78 is 5.25. The molecule has 2 aromatic carbocycles. The molecule has 3 nitrogen and oxygen atoms in total. The number of rotatable bonds is 6. The normalized spacial score (nSPS) is 12.2. The van der Waals surface area contributed by atoms with Crippen molar-refractivity contribution in [2.75, 3.05) is 13.4 Å². The maximum absolute atomic E-state index is 5.71. The van der Waals surface area contributed by atoms with Crippen molar-refractivity contribution in [3.05, 3.63) is 59.7 Å². The summed E-state index contributed by atoms with van der Waals surface area (Å²) in [6.45, 7) is 0. The number of thioether (sulfide) groups is 1. The number of hydrogen-bond acceptors (Lipinski definition) is 4. The third-order valence-electron chi connectivity index (χ3n) is 3.29. The molecule has 0 saturated carbocycles. The van der Waals surface area contributed by atoms with Crippen LogP contribution in [0.3, 0.4) is 0 Å². The van der Waals surface area contributed by atoms with E-state index >= 15 is 0 Å². The molecule has 0 saturated heterocycles. The molecule has 1 atom stereocenters. The molecule has 0 bridgehead atoms. The fraction of sp³-hybridized carbons (Fsp3) is 0.250. The molecule has 0 aliphatic heterocycles. The lowest BCUT2D eigenvalue weighted by Crippen LogP contribution is -2.29. The molecule has 4 heteroatoms. The van der Waals surface area contributed by atoms with Gasteiger partial charge in [0.1, 0.15) is 5.75 Å². The minimum Gasteiger partial charge on any atom is -0.497 e. The molecule has 2 aromatic rings. The second kappa shape index (κ2) is 7.33. The second-order valence-electron chi connectivity index (χ2n) is 4.55. The monoisotopic (exact) mass is 288 g/mol. The van der Waals surface area contributed by atoms with Crippen molar-refractivity contribution >= 4 is 11.8 Å². The Kier molecular flexibility index (Phi) is 5.47. The zero-order valence-corrected chi connectivity index (χ0v) is 12.6. The van der Waals surface area contributed by atoms with Crippen molar-refractivity contribution in [1.29, 1.82) is 0 Å². The van der Waals surface area contributed by atoms with Crippen molar-refractivity contribution < 1.29 is 4.74 Å². The number of hydrogen-bond donors (Lipinski definition) is 2. The molecule has 2 rings (SSSR count). The summed E-state index contributed by atoms with van der Waals surface area (Å²) >= 11 is 1.74. The molecule has 106 valence electrons. The lowest BCUT2D eigenvalue weighted by atomic mass is 9.99. The first-order valence-corrected chi connectivity index (χ1v) is 7.72. The highest BCUT2D eigenvalue weighted by Gasteiger charge is 2.11. The van der Waals surface area contributed by atoms with Gasteiger partial charge < -0.3 is 4.74 Å². The average molecular weight is 288 g/mol. The van der Waals surface area contributed by atoms with E-state index in [1.807, 2.05) is 18.2 Å². The number of benzene rings is 2. The predicted octanol–water partition coefficient (Wildman–Crippen LogP) is 3.16. The Morgan fingerprint density at radius 1 is 1.20 bits per heavy atom. The van der Waals surface area contributed by atoms with E-state index in [9.17, 15) is 0 Å². The van der Waals surface area contributed by atoms with Crippen molar-refractivity contribution in [3.8, 4) is 5.75 Å². The van der Waals surface area contributed by atoms with E-state index in [-0.39, 0.29) is 6.04 Å². The fourth-order valence-corrected chi connectivity index (χ4v) is 2.55. The van der Waals surface area contributed by atoms with Crippen LogP contribution < -0.4 is 16.0 Å². The van der Waals surface area contributed by atoms with E-state index in [1.54, 1.807) is 18.9 Å². The van der Waals surface area contributed by atoms with E-state index in [2.05, 4.69) is 42.0 Å². The van der Waals surface area contributed by atoms with Gasteiger partial charge in [-0.15, -0.1) is 11.8 Å². The Hall–Kier alpha value is -1.49. The van der Waals surface area contributed by atoms with E-state index in [0.717, 1.165) is 12.2 Å². The first-order valence-electron chi connectivity index (χ1n) is 6.50. The van der Waals surface area contributed by atoms with E-state index in [0.29, 0.717) is 0 Å². The van der Waals surface area contributed by atoms with Crippen molar-refractivity contribution in [2.45, 2.75) is 17.4 Å².